The van der Waals surface area contributed by atoms with Gasteiger partial charge in [0.25, 0.3) is 0 Å². The van der Waals surface area contributed by atoms with Gasteiger partial charge in [0, 0.05) is 19.0 Å². The Morgan fingerprint density at radius 3 is 2.83 bits per heavy atom. The predicted octanol–water partition coefficient (Wildman–Crippen LogP) is 0.977. The molecule has 2 unspecified atom stereocenters. The quantitative estimate of drug-likeness (QED) is 0.767. The molecule has 0 aromatic carbocycles. The zero-order valence-corrected chi connectivity index (χ0v) is 11.6. The van der Waals surface area contributed by atoms with Crippen molar-refractivity contribution in [3.63, 3.8) is 0 Å². The monoisotopic (exact) mass is 253 g/mol. The van der Waals surface area contributed by atoms with Crippen LogP contribution in [0.3, 0.4) is 0 Å². The van der Waals surface area contributed by atoms with Gasteiger partial charge in [0.05, 0.1) is 0 Å². The van der Waals surface area contributed by atoms with Crippen LogP contribution in [0.5, 0.6) is 0 Å². The van der Waals surface area contributed by atoms with Crippen molar-refractivity contribution in [2.24, 2.45) is 5.92 Å². The summed E-state index contributed by atoms with van der Waals surface area (Å²) in [5.74, 6) is 0.778. The van der Waals surface area contributed by atoms with Gasteiger partial charge in [-0.3, -0.25) is 4.79 Å². The van der Waals surface area contributed by atoms with E-state index in [1.54, 1.807) is 0 Å². The fraction of sp³-hybridized carbons (Fsp3) is 0.929. The fourth-order valence-corrected chi connectivity index (χ4v) is 3.06. The molecule has 2 N–H and O–H groups in total. The number of nitrogens with zero attached hydrogens (tertiary/aromatic N) is 1. The smallest absolute Gasteiger partial charge is 0.220 e. The number of rotatable bonds is 5. The van der Waals surface area contributed by atoms with E-state index >= 15 is 0 Å². The van der Waals surface area contributed by atoms with E-state index in [-0.39, 0.29) is 11.9 Å². The number of hydrogen-bond donors (Lipinski definition) is 2. The van der Waals surface area contributed by atoms with Crippen molar-refractivity contribution >= 4 is 5.91 Å². The molecule has 0 aromatic rings. The summed E-state index contributed by atoms with van der Waals surface area (Å²) in [6, 6.07) is 0.282. The average molecular weight is 253 g/mol. The maximum Gasteiger partial charge on any atom is 0.220 e. The van der Waals surface area contributed by atoms with Crippen molar-refractivity contribution in [1.29, 1.82) is 0 Å². The molecule has 0 aromatic heterocycles. The molecule has 2 heterocycles. The lowest BCUT2D eigenvalue weighted by Gasteiger charge is -2.29. The van der Waals surface area contributed by atoms with Crippen LogP contribution in [0.1, 0.15) is 39.0 Å². The first-order valence-electron chi connectivity index (χ1n) is 7.46. The van der Waals surface area contributed by atoms with Gasteiger partial charge in [-0.05, 0) is 58.3 Å². The Balaban J connectivity index is 1.62. The average Bonchev–Trinajstić information content (AvgIpc) is 2.82. The van der Waals surface area contributed by atoms with Crippen LogP contribution < -0.4 is 10.6 Å². The lowest BCUT2D eigenvalue weighted by molar-refractivity contribution is -0.122. The number of piperidine rings is 1. The molecule has 2 rings (SSSR count). The maximum atomic E-state index is 11.9. The van der Waals surface area contributed by atoms with Crippen LogP contribution >= 0.6 is 0 Å². The van der Waals surface area contributed by atoms with Gasteiger partial charge in [-0.2, -0.15) is 0 Å². The number of hydrogen-bond acceptors (Lipinski definition) is 3. The molecule has 2 aliphatic rings. The van der Waals surface area contributed by atoms with E-state index in [1.165, 1.54) is 32.4 Å². The van der Waals surface area contributed by atoms with Gasteiger partial charge in [-0.25, -0.2) is 0 Å². The van der Waals surface area contributed by atoms with Crippen molar-refractivity contribution in [3.8, 4) is 0 Å². The SMILES string of the molecule is CC(CN1CCCCC1)NC(=O)CC1CCNC1. The van der Waals surface area contributed by atoms with Gasteiger partial charge < -0.3 is 15.5 Å². The van der Waals surface area contributed by atoms with Crippen LogP contribution in [0.2, 0.25) is 0 Å². The van der Waals surface area contributed by atoms with Gasteiger partial charge in [0.1, 0.15) is 0 Å². The van der Waals surface area contributed by atoms with E-state index in [4.69, 9.17) is 0 Å². The second-order valence-corrected chi connectivity index (χ2v) is 5.89. The number of amides is 1. The highest BCUT2D eigenvalue weighted by molar-refractivity contribution is 5.76. The van der Waals surface area contributed by atoms with E-state index in [1.807, 2.05) is 0 Å². The Labute approximate surface area is 110 Å². The highest BCUT2D eigenvalue weighted by Gasteiger charge is 2.20. The molecule has 104 valence electrons. The summed E-state index contributed by atoms with van der Waals surface area (Å²) in [5.41, 5.74) is 0. The highest BCUT2D eigenvalue weighted by Crippen LogP contribution is 2.12. The molecule has 2 fully saturated rings. The van der Waals surface area contributed by atoms with Gasteiger partial charge in [-0.15, -0.1) is 0 Å². The van der Waals surface area contributed by atoms with Crippen LogP contribution in [0.25, 0.3) is 0 Å². The predicted molar refractivity (Wildman–Crippen MR) is 73.5 cm³/mol. The fourth-order valence-electron chi connectivity index (χ4n) is 3.06. The molecular formula is C14H27N3O. The first kappa shape index (κ1) is 13.8. The summed E-state index contributed by atoms with van der Waals surface area (Å²) >= 11 is 0. The summed E-state index contributed by atoms with van der Waals surface area (Å²) in [6.07, 6.45) is 5.83. The topological polar surface area (TPSA) is 44.4 Å². The Kier molecular flexibility index (Phi) is 5.45. The number of nitrogens with one attached hydrogen (secondary N) is 2. The first-order valence-corrected chi connectivity index (χ1v) is 7.46. The van der Waals surface area contributed by atoms with Crippen molar-refractivity contribution in [2.45, 2.75) is 45.1 Å². The lowest BCUT2D eigenvalue weighted by Crippen LogP contribution is -2.44. The number of likely N-dealkylation sites (tertiary alicyclic amines) is 1. The summed E-state index contributed by atoms with van der Waals surface area (Å²) in [5, 5.41) is 6.45. The molecule has 2 atom stereocenters. The van der Waals surface area contributed by atoms with Gasteiger partial charge >= 0.3 is 0 Å². The normalized spacial score (nSPS) is 27.1. The Hall–Kier alpha value is -0.610. The Morgan fingerprint density at radius 2 is 2.17 bits per heavy atom. The van der Waals surface area contributed by atoms with Crippen molar-refractivity contribution < 1.29 is 4.79 Å². The van der Waals surface area contributed by atoms with Crippen molar-refractivity contribution in [3.05, 3.63) is 0 Å². The van der Waals surface area contributed by atoms with Crippen molar-refractivity contribution in [2.75, 3.05) is 32.7 Å². The minimum atomic E-state index is 0.230. The molecule has 0 radical (unpaired) electrons. The molecule has 1 amide bonds. The summed E-state index contributed by atoms with van der Waals surface area (Å²) in [6.45, 7) is 7.61. The molecule has 2 aliphatic heterocycles. The lowest BCUT2D eigenvalue weighted by atomic mass is 10.0. The Bertz CT molecular complexity index is 258. The first-order chi connectivity index (χ1) is 8.74. The van der Waals surface area contributed by atoms with Crippen molar-refractivity contribution in [1.82, 2.24) is 15.5 Å². The van der Waals surface area contributed by atoms with Gasteiger partial charge in [0.15, 0.2) is 0 Å². The molecule has 2 saturated heterocycles. The van der Waals surface area contributed by atoms with Crippen LogP contribution in [-0.2, 0) is 4.79 Å². The second kappa shape index (κ2) is 7.10. The van der Waals surface area contributed by atoms with E-state index < -0.39 is 0 Å². The zero-order valence-electron chi connectivity index (χ0n) is 11.6. The Morgan fingerprint density at radius 1 is 1.39 bits per heavy atom. The van der Waals surface area contributed by atoms with Crippen LogP contribution in [0, 0.1) is 5.92 Å². The van der Waals surface area contributed by atoms with E-state index in [0.29, 0.717) is 12.3 Å². The minimum absolute atomic E-state index is 0.230. The number of carbonyl (C=O) groups excluding carboxylic acids is 1. The standard InChI is InChI=1S/C14H27N3O/c1-12(11-17-7-3-2-4-8-17)16-14(18)9-13-5-6-15-10-13/h12-13,15H,2-11H2,1H3,(H,16,18). The van der Waals surface area contributed by atoms with E-state index in [0.717, 1.165) is 26.1 Å². The molecule has 18 heavy (non-hydrogen) atoms. The zero-order chi connectivity index (χ0) is 12.8. The molecule has 0 bridgehead atoms. The molecule has 4 nitrogen and oxygen atoms in total. The third-order valence-electron chi connectivity index (χ3n) is 4.02. The van der Waals surface area contributed by atoms with Gasteiger partial charge in [0.2, 0.25) is 5.91 Å². The third kappa shape index (κ3) is 4.58. The molecule has 0 spiro atoms. The summed E-state index contributed by atoms with van der Waals surface area (Å²) < 4.78 is 0. The molecule has 0 aliphatic carbocycles. The van der Waals surface area contributed by atoms with E-state index in [2.05, 4.69) is 22.5 Å². The molecular weight excluding hydrogens is 226 g/mol. The maximum absolute atomic E-state index is 11.9. The molecule has 4 heteroatoms. The van der Waals surface area contributed by atoms with E-state index in [9.17, 15) is 4.79 Å². The van der Waals surface area contributed by atoms with Gasteiger partial charge in [-0.1, -0.05) is 6.42 Å². The second-order valence-electron chi connectivity index (χ2n) is 5.89. The third-order valence-corrected chi connectivity index (χ3v) is 4.02. The minimum Gasteiger partial charge on any atom is -0.352 e. The van der Waals surface area contributed by atoms with Crippen LogP contribution in [0.4, 0.5) is 0 Å². The largest absolute Gasteiger partial charge is 0.352 e. The number of carbonyl (C=O) groups is 1. The van der Waals surface area contributed by atoms with Crippen LogP contribution in [-0.4, -0.2) is 49.6 Å². The van der Waals surface area contributed by atoms with Crippen LogP contribution in [0.15, 0.2) is 0 Å². The summed E-state index contributed by atoms with van der Waals surface area (Å²) in [4.78, 5) is 14.4. The molecule has 0 saturated carbocycles. The summed E-state index contributed by atoms with van der Waals surface area (Å²) in [7, 11) is 0. The highest BCUT2D eigenvalue weighted by atomic mass is 16.1.